The molecule has 0 unspecified atom stereocenters. The second kappa shape index (κ2) is 8.37. The summed E-state index contributed by atoms with van der Waals surface area (Å²) in [6, 6.07) is 0. The zero-order chi connectivity index (χ0) is 11.7. The maximum absolute atomic E-state index is 5.65. The second-order valence-electron chi connectivity index (χ2n) is 2.67. The lowest BCUT2D eigenvalue weighted by atomic mass is 10.1. The summed E-state index contributed by atoms with van der Waals surface area (Å²) in [4.78, 5) is 4.98. The van der Waals surface area contributed by atoms with Gasteiger partial charge < -0.3 is 10.6 Å². The minimum absolute atomic E-state index is 0.400. The van der Waals surface area contributed by atoms with Crippen LogP contribution in [0.25, 0.3) is 0 Å². The van der Waals surface area contributed by atoms with Crippen molar-refractivity contribution in [3.05, 3.63) is 34.6 Å². The molecule has 0 atom stereocenters. The molecule has 0 aromatic rings. The van der Waals surface area contributed by atoms with Gasteiger partial charge in [-0.2, -0.15) is 0 Å². The van der Waals surface area contributed by atoms with Gasteiger partial charge in [-0.25, -0.2) is 5.84 Å². The molecule has 15 heavy (non-hydrogen) atoms. The van der Waals surface area contributed by atoms with Crippen LogP contribution in [0.1, 0.15) is 20.3 Å². The Bertz CT molecular complexity index is 273. The molecular weight excluding hydrogens is 212 g/mol. The zero-order valence-electron chi connectivity index (χ0n) is 8.99. The zero-order valence-corrected chi connectivity index (χ0v) is 9.80. The van der Waals surface area contributed by atoms with E-state index in [4.69, 9.17) is 21.6 Å². The number of allylic oxidation sites excluding steroid dienone is 4. The smallest absolute Gasteiger partial charge is 0.161 e. The fourth-order valence-corrected chi connectivity index (χ4v) is 1.21. The van der Waals surface area contributed by atoms with Crippen molar-refractivity contribution in [2.75, 3.05) is 0 Å². The topological polar surface area (TPSA) is 99.3 Å². The summed E-state index contributed by atoms with van der Waals surface area (Å²) in [5.74, 6) is 5.57. The van der Waals surface area contributed by atoms with E-state index in [0.29, 0.717) is 17.2 Å². The minimum Gasteiger partial charge on any atom is -0.395 e. The van der Waals surface area contributed by atoms with Gasteiger partial charge in [0.2, 0.25) is 0 Å². The predicted octanol–water partition coefficient (Wildman–Crippen LogP) is 1.03. The molecule has 0 aromatic carbocycles. The number of hydrogen-bond acceptors (Lipinski definition) is 6. The Hall–Kier alpha value is -0.950. The van der Waals surface area contributed by atoms with Gasteiger partial charge in [0, 0.05) is 6.42 Å². The molecule has 0 bridgehead atoms. The van der Waals surface area contributed by atoms with Gasteiger partial charge >= 0.3 is 0 Å². The fourth-order valence-electron chi connectivity index (χ4n) is 0.967. The van der Waals surface area contributed by atoms with Crippen molar-refractivity contribution in [2.45, 2.75) is 20.3 Å². The monoisotopic (exact) mass is 230 g/mol. The van der Waals surface area contributed by atoms with Crippen molar-refractivity contribution in [1.82, 2.24) is 5.59 Å². The summed E-state index contributed by atoms with van der Waals surface area (Å²) in [6.45, 7) is 3.88. The van der Waals surface area contributed by atoms with Crippen LogP contribution in [0.4, 0.5) is 0 Å². The van der Waals surface area contributed by atoms with Crippen molar-refractivity contribution < 1.29 is 4.84 Å². The molecule has 0 spiro atoms. The molecule has 0 saturated heterocycles. The van der Waals surface area contributed by atoms with E-state index in [9.17, 15) is 0 Å². The molecule has 0 aliphatic carbocycles. The molecule has 0 fully saturated rings. The molecule has 0 aromatic heterocycles. The minimum atomic E-state index is 0.400. The van der Waals surface area contributed by atoms with Gasteiger partial charge in [0.05, 0.1) is 0 Å². The van der Waals surface area contributed by atoms with E-state index >= 15 is 0 Å². The summed E-state index contributed by atoms with van der Waals surface area (Å²) in [5, 5.41) is 5.74. The maximum Gasteiger partial charge on any atom is 0.161 e. The molecule has 0 aliphatic rings. The molecular formula is C9H18N4OS. The van der Waals surface area contributed by atoms with Crippen LogP contribution in [0.3, 0.4) is 0 Å². The van der Waals surface area contributed by atoms with Crippen molar-refractivity contribution in [2.24, 2.45) is 16.7 Å². The molecule has 0 amide bonds. The highest BCUT2D eigenvalue weighted by molar-refractivity contribution is 8.00. The Labute approximate surface area is 94.5 Å². The van der Waals surface area contributed by atoms with E-state index in [1.54, 1.807) is 0 Å². The normalized spacial score (nSPS) is 14.3. The SMILES string of the molecule is C/C=C\C(=C/C)C/C(ONN)=C(/N)SN. The summed E-state index contributed by atoms with van der Waals surface area (Å²) in [5.41, 5.74) is 8.81. The Morgan fingerprint density at radius 2 is 2.13 bits per heavy atom. The van der Waals surface area contributed by atoms with E-state index in [2.05, 4.69) is 5.59 Å². The molecule has 5 nitrogen and oxygen atoms in total. The van der Waals surface area contributed by atoms with Crippen LogP contribution in [-0.4, -0.2) is 0 Å². The third kappa shape index (κ3) is 5.48. The van der Waals surface area contributed by atoms with Crippen LogP contribution >= 0.6 is 11.9 Å². The van der Waals surface area contributed by atoms with Gasteiger partial charge in [0.1, 0.15) is 5.03 Å². The Balaban J connectivity index is 4.68. The highest BCUT2D eigenvalue weighted by Gasteiger charge is 2.06. The molecule has 0 radical (unpaired) electrons. The number of rotatable bonds is 6. The van der Waals surface area contributed by atoms with Crippen LogP contribution in [-0.2, 0) is 4.84 Å². The highest BCUT2D eigenvalue weighted by atomic mass is 32.2. The van der Waals surface area contributed by atoms with E-state index in [-0.39, 0.29) is 0 Å². The Morgan fingerprint density at radius 1 is 1.47 bits per heavy atom. The molecule has 7 N–H and O–H groups in total. The van der Waals surface area contributed by atoms with Crippen LogP contribution in [0, 0.1) is 0 Å². The van der Waals surface area contributed by atoms with Crippen molar-refractivity contribution in [3.63, 3.8) is 0 Å². The molecule has 0 aliphatic heterocycles. The van der Waals surface area contributed by atoms with E-state index in [0.717, 1.165) is 17.5 Å². The third-order valence-corrected chi connectivity index (χ3v) is 2.18. The van der Waals surface area contributed by atoms with Crippen molar-refractivity contribution in [3.8, 4) is 0 Å². The molecule has 0 heterocycles. The van der Waals surface area contributed by atoms with Crippen LogP contribution in [0.15, 0.2) is 34.6 Å². The van der Waals surface area contributed by atoms with Crippen LogP contribution < -0.4 is 22.3 Å². The molecule has 0 saturated carbocycles. The van der Waals surface area contributed by atoms with Gasteiger partial charge in [-0.1, -0.05) is 23.8 Å². The maximum atomic E-state index is 5.65. The summed E-state index contributed by atoms with van der Waals surface area (Å²) >= 11 is 0.929. The van der Waals surface area contributed by atoms with Crippen LogP contribution in [0.2, 0.25) is 0 Å². The number of hydrazine groups is 1. The average Bonchev–Trinajstić information content (AvgIpc) is 2.26. The number of hydrogen-bond donors (Lipinski definition) is 4. The van der Waals surface area contributed by atoms with Gasteiger partial charge in [0.15, 0.2) is 5.76 Å². The Kier molecular flexibility index (Phi) is 7.84. The first kappa shape index (κ1) is 14.1. The first-order chi connectivity index (χ1) is 7.19. The van der Waals surface area contributed by atoms with Gasteiger partial charge in [-0.15, -0.1) is 0 Å². The lowest BCUT2D eigenvalue weighted by Gasteiger charge is -2.10. The van der Waals surface area contributed by atoms with Gasteiger partial charge in [-0.05, 0) is 31.4 Å². The fraction of sp³-hybridized carbons (Fsp3) is 0.333. The van der Waals surface area contributed by atoms with Crippen LogP contribution in [0.5, 0.6) is 0 Å². The molecule has 0 rings (SSSR count). The standard InChI is InChI=1S/C9H18N4OS/c1-3-5-7(4-2)6-8(14-13-11)9(10)15-12/h3-5,13H,6,10-12H2,1-2H3/b5-3-,7-4+,9-8+. The van der Waals surface area contributed by atoms with E-state index < -0.39 is 0 Å². The summed E-state index contributed by atoms with van der Waals surface area (Å²) in [6.07, 6.45) is 6.42. The van der Waals surface area contributed by atoms with Gasteiger partial charge in [-0.3, -0.25) is 5.14 Å². The second-order valence-corrected chi connectivity index (χ2v) is 3.34. The first-order valence-corrected chi connectivity index (χ1v) is 5.33. The summed E-state index contributed by atoms with van der Waals surface area (Å²) < 4.78 is 0. The highest BCUT2D eigenvalue weighted by Crippen LogP contribution is 2.18. The van der Waals surface area contributed by atoms with E-state index in [1.165, 1.54) is 0 Å². The first-order valence-electron chi connectivity index (χ1n) is 4.45. The largest absolute Gasteiger partial charge is 0.395 e. The quantitative estimate of drug-likeness (QED) is 0.179. The average molecular weight is 230 g/mol. The van der Waals surface area contributed by atoms with Crippen molar-refractivity contribution >= 4 is 11.9 Å². The molecule has 6 heteroatoms. The lowest BCUT2D eigenvalue weighted by molar-refractivity contribution is 0.101. The van der Waals surface area contributed by atoms with Crippen molar-refractivity contribution in [1.29, 1.82) is 0 Å². The molecule has 86 valence electrons. The van der Waals surface area contributed by atoms with E-state index in [1.807, 2.05) is 32.1 Å². The lowest BCUT2D eigenvalue weighted by Crippen LogP contribution is -2.23. The number of nitrogens with two attached hydrogens (primary N) is 3. The summed E-state index contributed by atoms with van der Waals surface area (Å²) in [7, 11) is 0. The Morgan fingerprint density at radius 3 is 2.53 bits per heavy atom. The van der Waals surface area contributed by atoms with Gasteiger partial charge in [0.25, 0.3) is 0 Å². The predicted molar refractivity (Wildman–Crippen MR) is 64.6 cm³/mol. The number of nitrogens with one attached hydrogen (secondary N) is 1. The third-order valence-electron chi connectivity index (χ3n) is 1.70.